The fraction of sp³-hybridized carbons (Fsp3) is 0.500. The first-order valence-corrected chi connectivity index (χ1v) is 7.03. The van der Waals surface area contributed by atoms with E-state index < -0.39 is 12.7 Å². The molecule has 0 saturated heterocycles. The molecule has 18 heavy (non-hydrogen) atoms. The van der Waals surface area contributed by atoms with Gasteiger partial charge in [0.05, 0.1) is 0 Å². The van der Waals surface area contributed by atoms with Gasteiger partial charge < -0.3 is 4.90 Å². The molecule has 0 aromatic heterocycles. The average molecular weight is 345 g/mol. The lowest BCUT2D eigenvalue weighted by atomic mass is 10.2. The van der Waals surface area contributed by atoms with Crippen molar-refractivity contribution < 1.29 is 13.2 Å². The van der Waals surface area contributed by atoms with Gasteiger partial charge in [-0.3, -0.25) is 0 Å². The molecule has 0 amide bonds. The van der Waals surface area contributed by atoms with Crippen molar-refractivity contribution in [1.29, 1.82) is 0 Å². The van der Waals surface area contributed by atoms with Gasteiger partial charge in [-0.1, -0.05) is 40.5 Å². The highest BCUT2D eigenvalue weighted by molar-refractivity contribution is 9.08. The summed E-state index contributed by atoms with van der Waals surface area (Å²) in [6.07, 6.45) is -3.57. The first-order chi connectivity index (χ1) is 8.37. The smallest absolute Gasteiger partial charge is 0.363 e. The molecule has 0 unspecified atom stereocenters. The summed E-state index contributed by atoms with van der Waals surface area (Å²) in [7, 11) is 0. The fourth-order valence-corrected chi connectivity index (χ4v) is 2.52. The highest BCUT2D eigenvalue weighted by Crippen LogP contribution is 2.27. The van der Waals surface area contributed by atoms with Crippen molar-refractivity contribution in [3.63, 3.8) is 0 Å². The van der Waals surface area contributed by atoms with Crippen molar-refractivity contribution in [3.05, 3.63) is 28.8 Å². The van der Waals surface area contributed by atoms with Crippen LogP contribution in [0.3, 0.4) is 0 Å². The Labute approximate surface area is 118 Å². The molecule has 0 aliphatic heterocycles. The number of rotatable bonds is 5. The van der Waals surface area contributed by atoms with Crippen molar-refractivity contribution >= 4 is 33.2 Å². The molecule has 1 aromatic rings. The molecule has 0 atom stereocenters. The standard InChI is InChI=1S/C12H14BrClF3N/c1-2-5-18(8-12(15,16)17)10-4-3-9(7-13)11(14)6-10/h3-4,6H,2,5,7-8H2,1H3. The second-order valence-corrected chi connectivity index (χ2v) is 4.91. The topological polar surface area (TPSA) is 3.24 Å². The van der Waals surface area contributed by atoms with Gasteiger partial charge in [0.15, 0.2) is 0 Å². The van der Waals surface area contributed by atoms with E-state index in [0.717, 1.165) is 5.56 Å². The van der Waals surface area contributed by atoms with Gasteiger partial charge in [0.1, 0.15) is 6.54 Å². The van der Waals surface area contributed by atoms with Gasteiger partial charge in [0.2, 0.25) is 0 Å². The van der Waals surface area contributed by atoms with Crippen LogP contribution >= 0.6 is 27.5 Å². The molecular formula is C12H14BrClF3N. The molecule has 0 spiro atoms. The molecule has 0 N–H and O–H groups in total. The van der Waals surface area contributed by atoms with Gasteiger partial charge >= 0.3 is 6.18 Å². The first-order valence-electron chi connectivity index (χ1n) is 5.53. The van der Waals surface area contributed by atoms with Gasteiger partial charge in [0.25, 0.3) is 0 Å². The Hall–Kier alpha value is -0.420. The normalized spacial score (nSPS) is 11.7. The number of anilines is 1. The van der Waals surface area contributed by atoms with Crippen LogP contribution in [-0.4, -0.2) is 19.3 Å². The van der Waals surface area contributed by atoms with Crippen LogP contribution in [0.15, 0.2) is 18.2 Å². The van der Waals surface area contributed by atoms with Crippen molar-refractivity contribution in [3.8, 4) is 0 Å². The number of benzene rings is 1. The minimum atomic E-state index is -4.21. The van der Waals surface area contributed by atoms with Crippen LogP contribution in [-0.2, 0) is 5.33 Å². The quantitative estimate of drug-likeness (QED) is 0.678. The van der Waals surface area contributed by atoms with Gasteiger partial charge in [0, 0.05) is 22.6 Å². The zero-order valence-electron chi connectivity index (χ0n) is 9.90. The van der Waals surface area contributed by atoms with E-state index in [1.54, 1.807) is 18.2 Å². The number of halogens is 5. The Morgan fingerprint density at radius 3 is 2.44 bits per heavy atom. The maximum absolute atomic E-state index is 12.5. The molecule has 102 valence electrons. The van der Waals surface area contributed by atoms with E-state index in [4.69, 9.17) is 11.6 Å². The van der Waals surface area contributed by atoms with Crippen LogP contribution in [0.5, 0.6) is 0 Å². The van der Waals surface area contributed by atoms with Crippen LogP contribution in [0.4, 0.5) is 18.9 Å². The Morgan fingerprint density at radius 2 is 2.00 bits per heavy atom. The van der Waals surface area contributed by atoms with E-state index in [1.807, 2.05) is 6.92 Å². The molecule has 0 bridgehead atoms. The predicted octanol–water partition coefficient (Wildman–Crippen LogP) is 5.01. The van der Waals surface area contributed by atoms with Crippen LogP contribution in [0.1, 0.15) is 18.9 Å². The monoisotopic (exact) mass is 343 g/mol. The van der Waals surface area contributed by atoms with Crippen LogP contribution in [0, 0.1) is 0 Å². The minimum Gasteiger partial charge on any atom is -0.363 e. The number of hydrogen-bond acceptors (Lipinski definition) is 1. The van der Waals surface area contributed by atoms with E-state index in [9.17, 15) is 13.2 Å². The van der Waals surface area contributed by atoms with E-state index >= 15 is 0 Å². The summed E-state index contributed by atoms with van der Waals surface area (Å²) in [5, 5.41) is 1.06. The lowest BCUT2D eigenvalue weighted by molar-refractivity contribution is -0.119. The summed E-state index contributed by atoms with van der Waals surface area (Å²) in [6, 6.07) is 4.99. The number of alkyl halides is 4. The maximum atomic E-state index is 12.5. The molecule has 0 radical (unpaired) electrons. The second kappa shape index (κ2) is 6.66. The highest BCUT2D eigenvalue weighted by atomic mass is 79.9. The molecule has 1 rings (SSSR count). The number of hydrogen-bond donors (Lipinski definition) is 0. The van der Waals surface area contributed by atoms with E-state index in [1.165, 1.54) is 4.90 Å². The van der Waals surface area contributed by atoms with E-state index in [0.29, 0.717) is 29.0 Å². The maximum Gasteiger partial charge on any atom is 0.405 e. The summed E-state index contributed by atoms with van der Waals surface area (Å²) < 4.78 is 37.4. The summed E-state index contributed by atoms with van der Waals surface area (Å²) in [5.41, 5.74) is 1.37. The van der Waals surface area contributed by atoms with Crippen LogP contribution in [0.2, 0.25) is 5.02 Å². The van der Waals surface area contributed by atoms with Crippen molar-refractivity contribution in [2.45, 2.75) is 24.9 Å². The lowest BCUT2D eigenvalue weighted by Crippen LogP contribution is -2.34. The minimum absolute atomic E-state index is 0.351. The van der Waals surface area contributed by atoms with Gasteiger partial charge in [-0.15, -0.1) is 0 Å². The summed E-state index contributed by atoms with van der Waals surface area (Å²) in [6.45, 7) is 1.24. The zero-order valence-corrected chi connectivity index (χ0v) is 12.2. The summed E-state index contributed by atoms with van der Waals surface area (Å²) in [4.78, 5) is 1.30. The lowest BCUT2D eigenvalue weighted by Gasteiger charge is -2.26. The largest absolute Gasteiger partial charge is 0.405 e. The highest BCUT2D eigenvalue weighted by Gasteiger charge is 2.30. The molecule has 0 aliphatic rings. The summed E-state index contributed by atoms with van der Waals surface area (Å²) >= 11 is 9.28. The zero-order chi connectivity index (χ0) is 13.8. The Kier molecular flexibility index (Phi) is 5.79. The fourth-order valence-electron chi connectivity index (χ4n) is 1.63. The molecule has 0 heterocycles. The molecule has 6 heteroatoms. The van der Waals surface area contributed by atoms with Crippen molar-refractivity contribution in [2.75, 3.05) is 18.0 Å². The van der Waals surface area contributed by atoms with Crippen molar-refractivity contribution in [1.82, 2.24) is 0 Å². The first kappa shape index (κ1) is 15.6. The SMILES string of the molecule is CCCN(CC(F)(F)F)c1ccc(CBr)c(Cl)c1. The Balaban J connectivity index is 2.95. The Morgan fingerprint density at radius 1 is 1.33 bits per heavy atom. The predicted molar refractivity (Wildman–Crippen MR) is 72.6 cm³/mol. The van der Waals surface area contributed by atoms with Gasteiger partial charge in [-0.05, 0) is 24.1 Å². The molecule has 0 aliphatic carbocycles. The van der Waals surface area contributed by atoms with Crippen molar-refractivity contribution in [2.24, 2.45) is 0 Å². The third kappa shape index (κ3) is 4.69. The van der Waals surface area contributed by atoms with Crippen LogP contribution in [0.25, 0.3) is 0 Å². The third-order valence-electron chi connectivity index (χ3n) is 2.41. The third-order valence-corrected chi connectivity index (χ3v) is 3.37. The van der Waals surface area contributed by atoms with Gasteiger partial charge in [-0.2, -0.15) is 13.2 Å². The van der Waals surface area contributed by atoms with Gasteiger partial charge in [-0.25, -0.2) is 0 Å². The molecule has 1 nitrogen and oxygen atoms in total. The van der Waals surface area contributed by atoms with E-state index in [2.05, 4.69) is 15.9 Å². The number of nitrogens with zero attached hydrogens (tertiary/aromatic N) is 1. The van der Waals surface area contributed by atoms with E-state index in [-0.39, 0.29) is 0 Å². The Bertz CT molecular complexity index is 395. The average Bonchev–Trinajstić information content (AvgIpc) is 2.26. The van der Waals surface area contributed by atoms with Crippen LogP contribution < -0.4 is 4.90 Å². The molecule has 1 aromatic carbocycles. The molecular weight excluding hydrogens is 330 g/mol. The molecule has 0 saturated carbocycles. The summed E-state index contributed by atoms with van der Waals surface area (Å²) in [5.74, 6) is 0. The molecule has 0 fully saturated rings. The second-order valence-electron chi connectivity index (χ2n) is 3.95.